The molecule has 0 rings (SSSR count). The van der Waals surface area contributed by atoms with E-state index in [4.69, 9.17) is 0 Å². The fraction of sp³-hybridized carbons (Fsp3) is 0.667. The topological polar surface area (TPSA) is 0 Å². The van der Waals surface area contributed by atoms with Gasteiger partial charge in [0.05, 0.1) is 0 Å². The van der Waals surface area contributed by atoms with Crippen LogP contribution in [0.3, 0.4) is 0 Å². The molecule has 0 aliphatic heterocycles. The van der Waals surface area contributed by atoms with Crippen molar-refractivity contribution in [3.8, 4) is 0 Å². The van der Waals surface area contributed by atoms with E-state index in [-0.39, 0.29) is 0 Å². The van der Waals surface area contributed by atoms with Crippen molar-refractivity contribution in [2.45, 2.75) is 13.3 Å². The zero-order valence-electron chi connectivity index (χ0n) is 2.73. The van der Waals surface area contributed by atoms with E-state index in [0.717, 1.165) is 0 Å². The number of rotatable bonds is 1. The minimum absolute atomic E-state index is 1.22. The fourth-order valence-electron chi connectivity index (χ4n) is 0. The van der Waals surface area contributed by atoms with Crippen molar-refractivity contribution in [1.29, 1.82) is 0 Å². The van der Waals surface area contributed by atoms with Crippen LogP contribution in [0.4, 0.5) is 0 Å². The fourth-order valence-corrected chi connectivity index (χ4v) is 0. The molecule has 0 N–H and O–H groups in total. The first-order valence-electron chi connectivity index (χ1n) is 1.37. The molecule has 0 radical (unpaired) electrons. The maximum absolute atomic E-state index is 2.17. The molecule has 0 aromatic rings. The van der Waals surface area contributed by atoms with Crippen molar-refractivity contribution >= 4 is 4.23 Å². The van der Waals surface area contributed by atoms with Crippen molar-refractivity contribution in [2.75, 3.05) is 0 Å². The Bertz CT molecular complexity index is 17.2. The summed E-state index contributed by atoms with van der Waals surface area (Å²) in [6.07, 6.45) is 1.22. The molecule has 0 fully saturated rings. The van der Waals surface area contributed by atoms with Crippen molar-refractivity contribution in [3.05, 3.63) is 0 Å². The van der Waals surface area contributed by atoms with E-state index >= 15 is 0 Å². The zero-order chi connectivity index (χ0) is 3.41. The van der Waals surface area contributed by atoms with Gasteiger partial charge in [-0.2, -0.15) is 0 Å². The molecule has 0 bridgehead atoms. The summed E-state index contributed by atoms with van der Waals surface area (Å²) in [5.41, 5.74) is 0. The molecular weight excluding hydrogens is 129 g/mol. The first kappa shape index (κ1) is 4.61. The minimum atomic E-state index is 1.22. The summed E-state index contributed by atoms with van der Waals surface area (Å²) in [5.74, 6) is 0. The van der Waals surface area contributed by atoms with Gasteiger partial charge in [-0.3, -0.25) is 0 Å². The summed E-state index contributed by atoms with van der Waals surface area (Å²) in [6, 6.07) is 0. The summed E-state index contributed by atoms with van der Waals surface area (Å²) in [6.45, 7) is 2.14. The third-order valence-corrected chi connectivity index (χ3v) is 1.08. The molecule has 23 valence electrons. The molecule has 0 aromatic carbocycles. The van der Waals surface area contributed by atoms with Crippen LogP contribution < -0.4 is 0 Å². The molecule has 0 heterocycles. The first-order valence-corrected chi connectivity index (χ1v) is 2.64. The van der Waals surface area contributed by atoms with Crippen molar-refractivity contribution in [3.63, 3.8) is 0 Å². The number of hydrogen-bond acceptors (Lipinski definition) is 0. The van der Waals surface area contributed by atoms with Gasteiger partial charge in [0.25, 0.3) is 0 Å². The molecule has 0 amide bonds. The molecule has 4 heavy (non-hydrogen) atoms. The number of hydrogen-bond donors (Lipinski definition) is 0. The van der Waals surface area contributed by atoms with Gasteiger partial charge in [-0.1, -0.05) is 0 Å². The van der Waals surface area contributed by atoms with Crippen LogP contribution in [-0.2, 0) is 20.6 Å². The predicted octanol–water partition coefficient (Wildman–Crippen LogP) is 0.745. The van der Waals surface area contributed by atoms with Crippen molar-refractivity contribution < 1.29 is 20.6 Å². The molecule has 0 atom stereocenters. The Hall–Kier alpha value is 0.610. The molecule has 1 heteroatoms. The summed E-state index contributed by atoms with van der Waals surface area (Å²) in [7, 11) is 0. The second-order valence-corrected chi connectivity index (χ2v) is 1.49. The molecule has 0 unspecified atom stereocenters. The Kier molecular flexibility index (Phi) is 4.16. The van der Waals surface area contributed by atoms with E-state index in [9.17, 15) is 0 Å². The quantitative estimate of drug-likeness (QED) is 0.465. The van der Waals surface area contributed by atoms with Gasteiger partial charge in [0, 0.05) is 0 Å². The van der Waals surface area contributed by atoms with Crippen LogP contribution in [0.2, 0.25) is 0 Å². The zero-order valence-corrected chi connectivity index (χ0v) is 4.93. The summed E-state index contributed by atoms with van der Waals surface area (Å²) < 4.78 is 2.17. The van der Waals surface area contributed by atoms with E-state index in [1.54, 1.807) is 20.6 Å². The maximum atomic E-state index is 2.17. The van der Waals surface area contributed by atoms with Crippen LogP contribution in [0.15, 0.2) is 0 Å². The Morgan fingerprint density at radius 3 is 2.25 bits per heavy atom. The van der Waals surface area contributed by atoms with E-state index in [2.05, 4.69) is 11.1 Å². The predicted molar refractivity (Wildman–Crippen MR) is 16.4 cm³/mol. The van der Waals surface area contributed by atoms with E-state index < -0.39 is 0 Å². The van der Waals surface area contributed by atoms with Crippen LogP contribution in [-0.4, -0.2) is 4.23 Å². The second-order valence-electron chi connectivity index (χ2n) is 0.591. The second kappa shape index (κ2) is 3.61. The van der Waals surface area contributed by atoms with Gasteiger partial charge in [-0.25, -0.2) is 0 Å². The van der Waals surface area contributed by atoms with Gasteiger partial charge < -0.3 is 0 Å². The summed E-state index contributed by atoms with van der Waals surface area (Å²) in [4.78, 5) is 0. The van der Waals surface area contributed by atoms with Gasteiger partial charge in [0.15, 0.2) is 0 Å². The normalized spacial score (nSPS) is 6.00. The Balaban J connectivity index is 2.30. The molecule has 0 aromatic heterocycles. The third-order valence-electron chi connectivity index (χ3n) is 0.183. The third kappa shape index (κ3) is 2.61. The SMILES string of the molecule is CC[CH]=[Nb]. The van der Waals surface area contributed by atoms with E-state index in [0.29, 0.717) is 0 Å². The Labute approximate surface area is 38.6 Å². The van der Waals surface area contributed by atoms with Crippen LogP contribution >= 0.6 is 0 Å². The van der Waals surface area contributed by atoms with Crippen LogP contribution in [0.25, 0.3) is 0 Å². The summed E-state index contributed by atoms with van der Waals surface area (Å²) in [5, 5.41) is 0. The molecule has 0 aliphatic rings. The van der Waals surface area contributed by atoms with Crippen LogP contribution in [0.5, 0.6) is 0 Å². The van der Waals surface area contributed by atoms with Gasteiger partial charge in [0.1, 0.15) is 0 Å². The summed E-state index contributed by atoms with van der Waals surface area (Å²) >= 11 is 1.77. The molecule has 0 spiro atoms. The Morgan fingerprint density at radius 1 is 2.00 bits per heavy atom. The molecule has 0 aliphatic carbocycles. The first-order chi connectivity index (χ1) is 1.91. The van der Waals surface area contributed by atoms with Gasteiger partial charge in [-0.05, 0) is 0 Å². The molecular formula is C3H6Nb. The van der Waals surface area contributed by atoms with Gasteiger partial charge >= 0.3 is 38.2 Å². The molecule has 0 saturated carbocycles. The monoisotopic (exact) mass is 135 g/mol. The average Bonchev–Trinajstić information content (AvgIpc) is 1.37. The average molecular weight is 135 g/mol. The van der Waals surface area contributed by atoms with E-state index in [1.807, 2.05) is 0 Å². The van der Waals surface area contributed by atoms with Crippen LogP contribution in [0, 0.1) is 0 Å². The molecule has 0 nitrogen and oxygen atoms in total. The van der Waals surface area contributed by atoms with Crippen molar-refractivity contribution in [2.24, 2.45) is 0 Å². The standard InChI is InChI=1S/C3H6.Nb/c1-3-2;/h1H,3H2,2H3;. The van der Waals surface area contributed by atoms with E-state index in [1.165, 1.54) is 6.42 Å². The molecule has 0 saturated heterocycles. The van der Waals surface area contributed by atoms with Crippen molar-refractivity contribution in [1.82, 2.24) is 0 Å². The Morgan fingerprint density at radius 2 is 2.25 bits per heavy atom. The van der Waals surface area contributed by atoms with Gasteiger partial charge in [-0.15, -0.1) is 0 Å². The van der Waals surface area contributed by atoms with Gasteiger partial charge in [0.2, 0.25) is 0 Å². The van der Waals surface area contributed by atoms with Crippen LogP contribution in [0.1, 0.15) is 13.3 Å².